The van der Waals surface area contributed by atoms with Crippen molar-refractivity contribution in [1.82, 2.24) is 9.97 Å². The van der Waals surface area contributed by atoms with Crippen molar-refractivity contribution in [3.05, 3.63) is 53.7 Å². The molecule has 4 rings (SSSR count). The molecule has 0 aliphatic carbocycles. The molecule has 1 saturated heterocycles. The Morgan fingerprint density at radius 2 is 1.88 bits per heavy atom. The van der Waals surface area contributed by atoms with Gasteiger partial charge in [-0.3, -0.25) is 4.98 Å². The molecule has 25 heavy (non-hydrogen) atoms. The highest BCUT2D eigenvalue weighted by Crippen LogP contribution is 2.32. The van der Waals surface area contributed by atoms with Crippen LogP contribution in [0.15, 0.2) is 48.1 Å². The third-order valence-electron chi connectivity index (χ3n) is 4.80. The number of thiazole rings is 1. The maximum Gasteiger partial charge on any atom is 0.125 e. The van der Waals surface area contributed by atoms with Crippen LogP contribution in [0.3, 0.4) is 0 Å². The van der Waals surface area contributed by atoms with Gasteiger partial charge in [0.05, 0.1) is 5.69 Å². The predicted molar refractivity (Wildman–Crippen MR) is 106 cm³/mol. The number of anilines is 1. The summed E-state index contributed by atoms with van der Waals surface area (Å²) in [6.07, 6.45) is 8.64. The van der Waals surface area contributed by atoms with Crippen molar-refractivity contribution in [2.45, 2.75) is 32.6 Å². The fourth-order valence-electron chi connectivity index (χ4n) is 3.45. The average molecular weight is 350 g/mol. The minimum absolute atomic E-state index is 1.05. The van der Waals surface area contributed by atoms with E-state index in [0.717, 1.165) is 23.5 Å². The van der Waals surface area contributed by atoms with E-state index in [4.69, 9.17) is 4.98 Å². The van der Waals surface area contributed by atoms with Gasteiger partial charge in [-0.1, -0.05) is 25.5 Å². The predicted octanol–water partition coefficient (Wildman–Crippen LogP) is 5.42. The number of rotatable bonds is 5. The molecule has 1 aliphatic heterocycles. The van der Waals surface area contributed by atoms with Gasteiger partial charge in [0.2, 0.25) is 0 Å². The van der Waals surface area contributed by atoms with Gasteiger partial charge in [-0.15, -0.1) is 11.3 Å². The van der Waals surface area contributed by atoms with Crippen LogP contribution in [0.5, 0.6) is 0 Å². The van der Waals surface area contributed by atoms with Gasteiger partial charge in [-0.2, -0.15) is 0 Å². The number of pyridine rings is 1. The molecule has 128 valence electrons. The summed E-state index contributed by atoms with van der Waals surface area (Å²) in [7, 11) is 0. The Bertz CT molecular complexity index is 832. The second-order valence-corrected chi connectivity index (χ2v) is 7.42. The zero-order chi connectivity index (χ0) is 17.1. The van der Waals surface area contributed by atoms with Crippen LogP contribution in [0.4, 0.5) is 5.69 Å². The van der Waals surface area contributed by atoms with Gasteiger partial charge in [0.15, 0.2) is 0 Å². The number of hydrogen-bond acceptors (Lipinski definition) is 4. The minimum Gasteiger partial charge on any atom is -0.372 e. The first-order valence-electron chi connectivity index (χ1n) is 9.09. The molecule has 0 atom stereocenters. The van der Waals surface area contributed by atoms with Crippen LogP contribution < -0.4 is 4.90 Å². The number of nitrogens with zero attached hydrogens (tertiary/aromatic N) is 3. The molecule has 0 radical (unpaired) electrons. The average Bonchev–Trinajstić information content (AvgIpc) is 3.35. The van der Waals surface area contributed by atoms with Crippen molar-refractivity contribution in [2.75, 3.05) is 18.0 Å². The summed E-state index contributed by atoms with van der Waals surface area (Å²) in [5.74, 6) is 0. The molecular weight excluding hydrogens is 326 g/mol. The van der Waals surface area contributed by atoms with Crippen LogP contribution in [0.25, 0.3) is 21.8 Å². The fourth-order valence-corrected chi connectivity index (χ4v) is 4.33. The van der Waals surface area contributed by atoms with Crippen molar-refractivity contribution in [2.24, 2.45) is 0 Å². The molecular formula is C21H23N3S. The summed E-state index contributed by atoms with van der Waals surface area (Å²) in [6, 6.07) is 11.0. The molecule has 3 aromatic rings. The smallest absolute Gasteiger partial charge is 0.125 e. The van der Waals surface area contributed by atoms with Crippen LogP contribution in [0.2, 0.25) is 0 Å². The molecule has 3 nitrogen and oxygen atoms in total. The lowest BCUT2D eigenvalue weighted by atomic mass is 10.1. The van der Waals surface area contributed by atoms with E-state index in [9.17, 15) is 0 Å². The molecule has 0 bridgehead atoms. The van der Waals surface area contributed by atoms with Crippen LogP contribution in [0, 0.1) is 0 Å². The Morgan fingerprint density at radius 1 is 1.08 bits per heavy atom. The molecule has 3 heterocycles. The molecule has 1 aliphatic rings. The first kappa shape index (κ1) is 16.3. The third-order valence-corrected chi connectivity index (χ3v) is 5.68. The zero-order valence-corrected chi connectivity index (χ0v) is 15.4. The van der Waals surface area contributed by atoms with Crippen LogP contribution in [0.1, 0.15) is 31.7 Å². The normalized spacial score (nSPS) is 14.2. The Balaban J connectivity index is 1.59. The van der Waals surface area contributed by atoms with Gasteiger partial charge in [-0.25, -0.2) is 4.98 Å². The number of hydrogen-bond donors (Lipinski definition) is 0. The highest BCUT2D eigenvalue weighted by atomic mass is 32.1. The van der Waals surface area contributed by atoms with E-state index in [-0.39, 0.29) is 0 Å². The third kappa shape index (κ3) is 3.45. The van der Waals surface area contributed by atoms with Crippen molar-refractivity contribution in [3.63, 3.8) is 0 Å². The molecule has 0 N–H and O–H groups in total. The first-order valence-corrected chi connectivity index (χ1v) is 9.97. The Kier molecular flexibility index (Phi) is 4.79. The number of benzene rings is 1. The van der Waals surface area contributed by atoms with Crippen LogP contribution >= 0.6 is 11.3 Å². The molecule has 4 heteroatoms. The minimum atomic E-state index is 1.05. The highest BCUT2D eigenvalue weighted by Gasteiger charge is 2.13. The standard InChI is InChI=1S/C21H23N3S/c1-2-5-16-10-11-22-14-19(16)21-23-20(15-25-21)17-6-8-18(9-7-17)24-12-3-4-13-24/h6-11,14-15H,2-5,12-13H2,1H3. The van der Waals surface area contributed by atoms with Crippen LogP contribution in [-0.2, 0) is 6.42 Å². The maximum atomic E-state index is 4.89. The molecule has 0 amide bonds. The molecule has 0 saturated carbocycles. The lowest BCUT2D eigenvalue weighted by Gasteiger charge is -2.17. The van der Waals surface area contributed by atoms with E-state index in [1.807, 2.05) is 12.4 Å². The quantitative estimate of drug-likeness (QED) is 0.615. The fraction of sp³-hybridized carbons (Fsp3) is 0.333. The summed E-state index contributed by atoms with van der Waals surface area (Å²) < 4.78 is 0. The summed E-state index contributed by atoms with van der Waals surface area (Å²) in [6.45, 7) is 4.57. The van der Waals surface area contributed by atoms with E-state index >= 15 is 0 Å². The van der Waals surface area contributed by atoms with E-state index < -0.39 is 0 Å². The summed E-state index contributed by atoms with van der Waals surface area (Å²) >= 11 is 1.71. The van der Waals surface area contributed by atoms with E-state index in [2.05, 4.69) is 52.5 Å². The van der Waals surface area contributed by atoms with Gasteiger partial charge in [-0.05, 0) is 43.0 Å². The second kappa shape index (κ2) is 7.36. The summed E-state index contributed by atoms with van der Waals surface area (Å²) in [4.78, 5) is 11.6. The van der Waals surface area contributed by atoms with Crippen molar-refractivity contribution >= 4 is 17.0 Å². The maximum absolute atomic E-state index is 4.89. The van der Waals surface area contributed by atoms with E-state index in [0.29, 0.717) is 0 Å². The molecule has 2 aromatic heterocycles. The SMILES string of the molecule is CCCc1ccncc1-c1nc(-c2ccc(N3CCCC3)cc2)cs1. The molecule has 0 spiro atoms. The molecule has 1 aromatic carbocycles. The Labute approximate surface area is 153 Å². The first-order chi connectivity index (χ1) is 12.3. The van der Waals surface area contributed by atoms with Crippen molar-refractivity contribution in [3.8, 4) is 21.8 Å². The van der Waals surface area contributed by atoms with E-state index in [1.54, 1.807) is 11.3 Å². The lowest BCUT2D eigenvalue weighted by molar-refractivity contribution is 0.920. The zero-order valence-electron chi connectivity index (χ0n) is 14.6. The summed E-state index contributed by atoms with van der Waals surface area (Å²) in [5.41, 5.74) is 6.08. The summed E-state index contributed by atoms with van der Waals surface area (Å²) in [5, 5.41) is 3.22. The van der Waals surface area contributed by atoms with Gasteiger partial charge >= 0.3 is 0 Å². The Morgan fingerprint density at radius 3 is 2.64 bits per heavy atom. The monoisotopic (exact) mass is 349 g/mol. The Hall–Kier alpha value is -2.20. The largest absolute Gasteiger partial charge is 0.372 e. The number of aryl methyl sites for hydroxylation is 1. The van der Waals surface area contributed by atoms with Gasteiger partial charge in [0.1, 0.15) is 5.01 Å². The van der Waals surface area contributed by atoms with E-state index in [1.165, 1.54) is 48.3 Å². The lowest BCUT2D eigenvalue weighted by Crippen LogP contribution is -2.17. The topological polar surface area (TPSA) is 29.0 Å². The second-order valence-electron chi connectivity index (χ2n) is 6.56. The van der Waals surface area contributed by atoms with Gasteiger partial charge in [0.25, 0.3) is 0 Å². The van der Waals surface area contributed by atoms with Gasteiger partial charge < -0.3 is 4.90 Å². The van der Waals surface area contributed by atoms with Gasteiger partial charge in [0, 0.05) is 47.7 Å². The molecule has 0 unspecified atom stereocenters. The van der Waals surface area contributed by atoms with Crippen molar-refractivity contribution < 1.29 is 0 Å². The highest BCUT2D eigenvalue weighted by molar-refractivity contribution is 7.13. The number of aromatic nitrogens is 2. The van der Waals surface area contributed by atoms with Crippen LogP contribution in [-0.4, -0.2) is 23.1 Å². The molecule has 1 fully saturated rings. The van der Waals surface area contributed by atoms with Crippen molar-refractivity contribution in [1.29, 1.82) is 0 Å².